The Bertz CT molecular complexity index is 797. The standard InChI is InChI=1S/C22H27N3OS/c1-27-20-7-2-5-18(13-20)15-24-12-9-22(17-24)8-4-11-25(21(22)26)16-19-6-3-10-23-14-19/h2-3,5-7,10,13-14H,4,8-9,11-12,15-17H2,1H3/t22-/m1/s1. The number of piperidine rings is 1. The predicted molar refractivity (Wildman–Crippen MR) is 109 cm³/mol. The Morgan fingerprint density at radius 2 is 2.00 bits per heavy atom. The highest BCUT2D eigenvalue weighted by molar-refractivity contribution is 7.98. The van der Waals surface area contributed by atoms with Crippen molar-refractivity contribution in [2.75, 3.05) is 25.9 Å². The van der Waals surface area contributed by atoms with Crippen LogP contribution in [0.15, 0.2) is 53.7 Å². The fourth-order valence-corrected chi connectivity index (χ4v) is 5.00. The summed E-state index contributed by atoms with van der Waals surface area (Å²) < 4.78 is 0. The molecule has 1 atom stereocenters. The van der Waals surface area contributed by atoms with E-state index in [1.807, 2.05) is 12.3 Å². The number of carbonyl (C=O) groups is 1. The van der Waals surface area contributed by atoms with E-state index in [0.29, 0.717) is 12.5 Å². The van der Waals surface area contributed by atoms with Gasteiger partial charge in [0.15, 0.2) is 0 Å². The molecule has 0 bridgehead atoms. The number of carbonyl (C=O) groups excluding carboxylic acids is 1. The summed E-state index contributed by atoms with van der Waals surface area (Å²) in [5, 5.41) is 0. The van der Waals surface area contributed by atoms with Gasteiger partial charge in [-0.05, 0) is 61.4 Å². The average molecular weight is 382 g/mol. The van der Waals surface area contributed by atoms with Crippen molar-refractivity contribution in [1.29, 1.82) is 0 Å². The van der Waals surface area contributed by atoms with Crippen LogP contribution in [0.2, 0.25) is 0 Å². The zero-order valence-electron chi connectivity index (χ0n) is 15.9. The molecule has 0 aliphatic carbocycles. The van der Waals surface area contributed by atoms with Crippen molar-refractivity contribution in [1.82, 2.24) is 14.8 Å². The topological polar surface area (TPSA) is 36.4 Å². The normalized spacial score (nSPS) is 23.3. The van der Waals surface area contributed by atoms with Crippen molar-refractivity contribution in [3.63, 3.8) is 0 Å². The molecule has 1 aromatic carbocycles. The van der Waals surface area contributed by atoms with E-state index in [1.54, 1.807) is 18.0 Å². The van der Waals surface area contributed by atoms with Crippen LogP contribution in [-0.2, 0) is 17.9 Å². The second-order valence-corrected chi connectivity index (χ2v) is 8.66. The van der Waals surface area contributed by atoms with E-state index in [1.165, 1.54) is 10.5 Å². The van der Waals surface area contributed by atoms with Gasteiger partial charge in [-0.3, -0.25) is 14.7 Å². The van der Waals surface area contributed by atoms with Crippen LogP contribution in [0, 0.1) is 5.41 Å². The number of aromatic nitrogens is 1. The molecule has 1 amide bonds. The molecule has 2 aliphatic heterocycles. The Morgan fingerprint density at radius 3 is 2.81 bits per heavy atom. The second-order valence-electron chi connectivity index (χ2n) is 7.78. The van der Waals surface area contributed by atoms with Crippen molar-refractivity contribution in [3.05, 3.63) is 59.9 Å². The van der Waals surface area contributed by atoms with Crippen molar-refractivity contribution in [3.8, 4) is 0 Å². The molecule has 4 rings (SSSR count). The molecule has 0 radical (unpaired) electrons. The van der Waals surface area contributed by atoms with Crippen molar-refractivity contribution in [2.24, 2.45) is 5.41 Å². The molecule has 0 saturated carbocycles. The Kier molecular flexibility index (Phi) is 5.50. The summed E-state index contributed by atoms with van der Waals surface area (Å²) in [6.07, 6.45) is 8.87. The van der Waals surface area contributed by atoms with E-state index in [9.17, 15) is 4.79 Å². The quantitative estimate of drug-likeness (QED) is 0.738. The van der Waals surface area contributed by atoms with Crippen molar-refractivity contribution >= 4 is 17.7 Å². The molecule has 3 heterocycles. The van der Waals surface area contributed by atoms with Crippen LogP contribution < -0.4 is 0 Å². The Morgan fingerprint density at radius 1 is 1.11 bits per heavy atom. The number of likely N-dealkylation sites (tertiary alicyclic amines) is 2. The van der Waals surface area contributed by atoms with Crippen LogP contribution in [0.5, 0.6) is 0 Å². The van der Waals surface area contributed by atoms with Crippen molar-refractivity contribution < 1.29 is 4.79 Å². The first-order chi connectivity index (χ1) is 13.2. The van der Waals surface area contributed by atoms with Gasteiger partial charge in [-0.1, -0.05) is 18.2 Å². The molecule has 4 nitrogen and oxygen atoms in total. The maximum Gasteiger partial charge on any atom is 0.230 e. The largest absolute Gasteiger partial charge is 0.338 e. The SMILES string of the molecule is CSc1cccc(CN2CC[C@]3(CCCN(Cc4cccnc4)C3=O)C2)c1. The highest BCUT2D eigenvalue weighted by Crippen LogP contribution is 2.41. The lowest BCUT2D eigenvalue weighted by Gasteiger charge is -2.39. The third-order valence-electron chi connectivity index (χ3n) is 5.89. The van der Waals surface area contributed by atoms with E-state index in [4.69, 9.17) is 0 Å². The predicted octanol–water partition coefficient (Wildman–Crippen LogP) is 3.82. The fraction of sp³-hybridized carbons (Fsp3) is 0.455. The first-order valence-electron chi connectivity index (χ1n) is 9.72. The van der Waals surface area contributed by atoms with E-state index >= 15 is 0 Å². The molecular formula is C22H27N3OS. The molecule has 2 saturated heterocycles. The third kappa shape index (κ3) is 4.04. The van der Waals surface area contributed by atoms with E-state index < -0.39 is 0 Å². The number of benzene rings is 1. The lowest BCUT2D eigenvalue weighted by atomic mass is 9.78. The van der Waals surface area contributed by atoms with Gasteiger partial charge < -0.3 is 4.90 Å². The highest BCUT2D eigenvalue weighted by Gasteiger charge is 2.48. The van der Waals surface area contributed by atoms with Crippen molar-refractivity contribution in [2.45, 2.75) is 37.2 Å². The van der Waals surface area contributed by atoms with Crippen LogP contribution in [-0.4, -0.2) is 46.6 Å². The first-order valence-corrected chi connectivity index (χ1v) is 10.9. The molecule has 27 heavy (non-hydrogen) atoms. The molecule has 0 N–H and O–H groups in total. The minimum absolute atomic E-state index is 0.183. The monoisotopic (exact) mass is 381 g/mol. The molecular weight excluding hydrogens is 354 g/mol. The number of amides is 1. The van der Waals surface area contributed by atoms with Gasteiger partial charge in [-0.2, -0.15) is 0 Å². The van der Waals surface area contributed by atoms with Gasteiger partial charge in [0.1, 0.15) is 0 Å². The minimum atomic E-state index is -0.183. The minimum Gasteiger partial charge on any atom is -0.338 e. The zero-order chi connectivity index (χ0) is 18.7. The van der Waals surface area contributed by atoms with Crippen LogP contribution >= 0.6 is 11.8 Å². The lowest BCUT2D eigenvalue weighted by molar-refractivity contribution is -0.146. The highest BCUT2D eigenvalue weighted by atomic mass is 32.2. The summed E-state index contributed by atoms with van der Waals surface area (Å²) in [5.74, 6) is 0.345. The first kappa shape index (κ1) is 18.5. The van der Waals surface area contributed by atoms with Gasteiger partial charge in [0, 0.05) is 43.5 Å². The number of thioether (sulfide) groups is 1. The average Bonchev–Trinajstić information content (AvgIpc) is 3.10. The molecule has 2 fully saturated rings. The molecule has 142 valence electrons. The summed E-state index contributed by atoms with van der Waals surface area (Å²) in [6.45, 7) is 4.39. The van der Waals surface area contributed by atoms with E-state index in [2.05, 4.69) is 51.4 Å². The molecule has 2 aliphatic rings. The maximum absolute atomic E-state index is 13.3. The number of pyridine rings is 1. The lowest BCUT2D eigenvalue weighted by Crippen LogP contribution is -2.49. The number of rotatable bonds is 5. The van der Waals surface area contributed by atoms with E-state index in [0.717, 1.165) is 51.0 Å². The molecule has 2 aromatic rings. The van der Waals surface area contributed by atoms with Crippen LogP contribution in [0.4, 0.5) is 0 Å². The van der Waals surface area contributed by atoms with Gasteiger partial charge in [0.2, 0.25) is 5.91 Å². The van der Waals surface area contributed by atoms with Crippen LogP contribution in [0.1, 0.15) is 30.4 Å². The van der Waals surface area contributed by atoms with Gasteiger partial charge in [-0.25, -0.2) is 0 Å². The molecule has 1 spiro atoms. The smallest absolute Gasteiger partial charge is 0.230 e. The summed E-state index contributed by atoms with van der Waals surface area (Å²) in [4.78, 5) is 23.3. The molecule has 1 aromatic heterocycles. The summed E-state index contributed by atoms with van der Waals surface area (Å²) in [5.41, 5.74) is 2.28. The van der Waals surface area contributed by atoms with Crippen LogP contribution in [0.25, 0.3) is 0 Å². The number of hydrogen-bond donors (Lipinski definition) is 0. The molecule has 0 unspecified atom stereocenters. The number of nitrogens with zero attached hydrogens (tertiary/aromatic N) is 3. The Balaban J connectivity index is 1.43. The summed E-state index contributed by atoms with van der Waals surface area (Å²) >= 11 is 1.78. The Labute approximate surface area is 166 Å². The maximum atomic E-state index is 13.3. The van der Waals surface area contributed by atoms with Gasteiger partial charge in [-0.15, -0.1) is 11.8 Å². The van der Waals surface area contributed by atoms with E-state index in [-0.39, 0.29) is 5.41 Å². The molecule has 5 heteroatoms. The van der Waals surface area contributed by atoms with Gasteiger partial charge in [0.05, 0.1) is 5.41 Å². The Hall–Kier alpha value is -1.85. The summed E-state index contributed by atoms with van der Waals surface area (Å²) in [6, 6.07) is 12.8. The number of hydrogen-bond acceptors (Lipinski definition) is 4. The van der Waals surface area contributed by atoms with Crippen LogP contribution in [0.3, 0.4) is 0 Å². The summed E-state index contributed by atoms with van der Waals surface area (Å²) in [7, 11) is 0. The van der Waals surface area contributed by atoms with Gasteiger partial charge in [0.25, 0.3) is 0 Å². The second kappa shape index (κ2) is 8.03. The third-order valence-corrected chi connectivity index (χ3v) is 6.62. The fourth-order valence-electron chi connectivity index (χ4n) is 4.52. The van der Waals surface area contributed by atoms with Gasteiger partial charge >= 0.3 is 0 Å². The zero-order valence-corrected chi connectivity index (χ0v) is 16.8.